The first-order chi connectivity index (χ1) is 15.1. The Morgan fingerprint density at radius 3 is 2.94 bits per heavy atom. The number of H-pyrrole nitrogens is 1. The van der Waals surface area contributed by atoms with Crippen molar-refractivity contribution < 1.29 is 18.8 Å². The zero-order valence-corrected chi connectivity index (χ0v) is 17.8. The molecule has 0 saturated heterocycles. The van der Waals surface area contributed by atoms with Gasteiger partial charge >= 0.3 is 0 Å². The molecule has 1 aliphatic heterocycles. The van der Waals surface area contributed by atoms with Crippen LogP contribution >= 0.6 is 0 Å². The minimum Gasteiger partial charge on any atom is -0.454 e. The van der Waals surface area contributed by atoms with E-state index in [-0.39, 0.29) is 24.4 Å². The summed E-state index contributed by atoms with van der Waals surface area (Å²) in [5, 5.41) is 11.7. The fourth-order valence-electron chi connectivity index (χ4n) is 4.31. The van der Waals surface area contributed by atoms with Gasteiger partial charge in [0.2, 0.25) is 12.6 Å². The molecule has 3 aromatic rings. The minimum atomic E-state index is -0.193. The lowest BCUT2D eigenvalue weighted by Gasteiger charge is -2.16. The van der Waals surface area contributed by atoms with E-state index in [1.807, 2.05) is 18.2 Å². The van der Waals surface area contributed by atoms with Crippen molar-refractivity contribution in [2.45, 2.75) is 51.5 Å². The Hall–Kier alpha value is -3.29. The van der Waals surface area contributed by atoms with Crippen molar-refractivity contribution in [1.82, 2.24) is 20.3 Å². The second-order valence-corrected chi connectivity index (χ2v) is 8.40. The lowest BCUT2D eigenvalue weighted by Crippen LogP contribution is -2.26. The predicted octanol–water partition coefficient (Wildman–Crippen LogP) is 3.62. The van der Waals surface area contributed by atoms with Gasteiger partial charge in [0.05, 0.1) is 17.9 Å². The van der Waals surface area contributed by atoms with Gasteiger partial charge in [0.1, 0.15) is 0 Å². The normalized spacial score (nSPS) is 15.5. The molecule has 3 heterocycles. The number of rotatable bonds is 6. The molecule has 0 fully saturated rings. The smallest absolute Gasteiger partial charge is 0.292 e. The number of carbonyl (C=O) groups excluding carboxylic acids is 1. The van der Waals surface area contributed by atoms with E-state index in [2.05, 4.69) is 22.3 Å². The number of fused-ring (bicyclic) bond motifs is 2. The van der Waals surface area contributed by atoms with Gasteiger partial charge < -0.3 is 18.9 Å². The molecule has 1 atom stereocenters. The largest absolute Gasteiger partial charge is 0.454 e. The number of aromatic nitrogens is 3. The molecule has 31 heavy (non-hydrogen) atoms. The third-order valence-electron chi connectivity index (χ3n) is 6.10. The first kappa shape index (κ1) is 19.7. The van der Waals surface area contributed by atoms with Crippen LogP contribution in [0.1, 0.15) is 64.4 Å². The highest BCUT2D eigenvalue weighted by atomic mass is 16.7. The van der Waals surface area contributed by atoms with E-state index in [4.69, 9.17) is 14.0 Å². The number of nitrogens with one attached hydrogen (secondary N) is 1. The number of aromatic amines is 1. The summed E-state index contributed by atoms with van der Waals surface area (Å²) < 4.78 is 16.2. The van der Waals surface area contributed by atoms with Crippen LogP contribution in [0.4, 0.5) is 0 Å². The molecule has 0 bridgehead atoms. The van der Waals surface area contributed by atoms with E-state index in [0.29, 0.717) is 6.54 Å². The molecular formula is C23H26N4O4. The summed E-state index contributed by atoms with van der Waals surface area (Å²) in [6, 6.07) is 7.68. The maximum atomic E-state index is 12.9. The number of hydrogen-bond donors (Lipinski definition) is 1. The average molecular weight is 422 g/mol. The zero-order valence-electron chi connectivity index (χ0n) is 17.8. The molecule has 1 N–H and O–H groups in total. The molecule has 0 saturated carbocycles. The third-order valence-corrected chi connectivity index (χ3v) is 6.10. The van der Waals surface area contributed by atoms with Crippen molar-refractivity contribution in [2.24, 2.45) is 0 Å². The SMILES string of the molecule is C[C@@H](Cc1ccc2c(c1)OCO2)c1cc(C(=O)N(C)Cc2n[nH]c3c2CCCC3)on1. The molecule has 0 radical (unpaired) electrons. The highest BCUT2D eigenvalue weighted by molar-refractivity contribution is 5.91. The number of ether oxygens (including phenoxy) is 2. The van der Waals surface area contributed by atoms with E-state index < -0.39 is 0 Å². The van der Waals surface area contributed by atoms with Gasteiger partial charge in [0.25, 0.3) is 5.91 Å². The predicted molar refractivity (Wildman–Crippen MR) is 112 cm³/mol. The van der Waals surface area contributed by atoms with Crippen LogP contribution in [-0.2, 0) is 25.8 Å². The minimum absolute atomic E-state index is 0.0920. The van der Waals surface area contributed by atoms with Crippen LogP contribution < -0.4 is 9.47 Å². The summed E-state index contributed by atoms with van der Waals surface area (Å²) in [7, 11) is 1.77. The summed E-state index contributed by atoms with van der Waals surface area (Å²) in [5.74, 6) is 1.69. The molecular weight excluding hydrogens is 396 g/mol. The van der Waals surface area contributed by atoms with Crippen molar-refractivity contribution in [2.75, 3.05) is 13.8 Å². The van der Waals surface area contributed by atoms with E-state index in [0.717, 1.165) is 47.7 Å². The van der Waals surface area contributed by atoms with Crippen molar-refractivity contribution in [3.05, 3.63) is 58.2 Å². The summed E-state index contributed by atoms with van der Waals surface area (Å²) >= 11 is 0. The third kappa shape index (κ3) is 3.89. The van der Waals surface area contributed by atoms with Crippen LogP contribution in [0.15, 0.2) is 28.8 Å². The molecule has 1 aromatic carbocycles. The summed E-state index contributed by atoms with van der Waals surface area (Å²) in [6.07, 6.45) is 5.17. The zero-order chi connectivity index (χ0) is 21.4. The van der Waals surface area contributed by atoms with Crippen molar-refractivity contribution in [1.29, 1.82) is 0 Å². The second kappa shape index (κ2) is 8.09. The molecule has 1 amide bonds. The molecule has 2 aliphatic rings. The van der Waals surface area contributed by atoms with Gasteiger partial charge in [-0.15, -0.1) is 0 Å². The monoisotopic (exact) mass is 422 g/mol. The quantitative estimate of drug-likeness (QED) is 0.652. The van der Waals surface area contributed by atoms with Crippen LogP contribution in [0, 0.1) is 0 Å². The number of carbonyl (C=O) groups is 1. The van der Waals surface area contributed by atoms with Gasteiger partial charge in [-0.25, -0.2) is 0 Å². The molecule has 0 spiro atoms. The highest BCUT2D eigenvalue weighted by Crippen LogP contribution is 2.34. The Morgan fingerprint density at radius 1 is 1.19 bits per heavy atom. The maximum Gasteiger partial charge on any atom is 0.292 e. The number of nitrogens with zero attached hydrogens (tertiary/aromatic N) is 3. The summed E-state index contributed by atoms with van der Waals surface area (Å²) in [5.41, 5.74) is 5.30. The van der Waals surface area contributed by atoms with Crippen molar-refractivity contribution >= 4 is 5.91 Å². The summed E-state index contributed by atoms with van der Waals surface area (Å²) in [6.45, 7) is 2.78. The maximum absolute atomic E-state index is 12.9. The van der Waals surface area contributed by atoms with Crippen LogP contribution in [0.2, 0.25) is 0 Å². The lowest BCUT2D eigenvalue weighted by molar-refractivity contribution is 0.0741. The highest BCUT2D eigenvalue weighted by Gasteiger charge is 2.24. The molecule has 5 rings (SSSR count). The Labute approximate surface area is 180 Å². The topological polar surface area (TPSA) is 93.5 Å². The fourth-order valence-corrected chi connectivity index (χ4v) is 4.31. The molecule has 8 heteroatoms. The summed E-state index contributed by atoms with van der Waals surface area (Å²) in [4.78, 5) is 14.5. The Balaban J connectivity index is 1.24. The Morgan fingerprint density at radius 2 is 2.03 bits per heavy atom. The van der Waals surface area contributed by atoms with Crippen LogP contribution in [0.3, 0.4) is 0 Å². The van der Waals surface area contributed by atoms with E-state index in [9.17, 15) is 4.79 Å². The molecule has 8 nitrogen and oxygen atoms in total. The first-order valence-corrected chi connectivity index (χ1v) is 10.7. The van der Waals surface area contributed by atoms with E-state index in [1.165, 1.54) is 24.1 Å². The molecule has 2 aromatic heterocycles. The van der Waals surface area contributed by atoms with Gasteiger partial charge in [-0.05, 0) is 55.4 Å². The number of hydrogen-bond acceptors (Lipinski definition) is 6. The molecule has 1 aliphatic carbocycles. The van der Waals surface area contributed by atoms with Crippen LogP contribution in [0.25, 0.3) is 0 Å². The van der Waals surface area contributed by atoms with Gasteiger partial charge in [0.15, 0.2) is 11.5 Å². The average Bonchev–Trinajstić information content (AvgIpc) is 3.53. The van der Waals surface area contributed by atoms with Crippen LogP contribution in [-0.4, -0.2) is 40.0 Å². The lowest BCUT2D eigenvalue weighted by atomic mass is 9.96. The van der Waals surface area contributed by atoms with Crippen molar-refractivity contribution in [3.8, 4) is 11.5 Å². The first-order valence-electron chi connectivity index (χ1n) is 10.7. The van der Waals surface area contributed by atoms with Gasteiger partial charge in [-0.2, -0.15) is 5.10 Å². The Bertz CT molecular complexity index is 1100. The van der Waals surface area contributed by atoms with Gasteiger partial charge in [-0.1, -0.05) is 18.1 Å². The Kier molecular flexibility index (Phi) is 5.13. The van der Waals surface area contributed by atoms with E-state index in [1.54, 1.807) is 18.0 Å². The standard InChI is InChI=1S/C23H26N4O4/c1-14(9-15-7-8-20-21(10-15)30-13-29-20)18-11-22(31-26-18)23(28)27(2)12-19-16-5-3-4-6-17(16)24-25-19/h7-8,10-11,14H,3-6,9,12-13H2,1-2H3,(H,24,25)/t14-/m0/s1. The fraction of sp³-hybridized carbons (Fsp3) is 0.435. The molecule has 162 valence electrons. The van der Waals surface area contributed by atoms with Crippen molar-refractivity contribution in [3.63, 3.8) is 0 Å². The second-order valence-electron chi connectivity index (χ2n) is 8.40. The molecule has 0 unspecified atom stereocenters. The number of aryl methyl sites for hydroxylation is 1. The van der Waals surface area contributed by atoms with E-state index >= 15 is 0 Å². The van der Waals surface area contributed by atoms with Gasteiger partial charge in [0, 0.05) is 24.7 Å². The van der Waals surface area contributed by atoms with Crippen LogP contribution in [0.5, 0.6) is 11.5 Å². The van der Waals surface area contributed by atoms with Gasteiger partial charge in [-0.3, -0.25) is 9.89 Å². The number of amides is 1. The number of benzene rings is 1.